The van der Waals surface area contributed by atoms with Crippen LogP contribution in [-0.2, 0) is 0 Å². The molecule has 0 aliphatic heterocycles. The van der Waals surface area contributed by atoms with Crippen molar-refractivity contribution in [1.82, 2.24) is 5.32 Å². The molecule has 112 valence electrons. The lowest BCUT2D eigenvalue weighted by Crippen LogP contribution is -2.42. The summed E-state index contributed by atoms with van der Waals surface area (Å²) in [6.45, 7) is 7.01. The van der Waals surface area contributed by atoms with Crippen LogP contribution in [0.25, 0.3) is 0 Å². The summed E-state index contributed by atoms with van der Waals surface area (Å²) in [5.41, 5.74) is 1.35. The van der Waals surface area contributed by atoms with Gasteiger partial charge in [-0.2, -0.15) is 0 Å². The maximum atomic E-state index is 3.88. The summed E-state index contributed by atoms with van der Waals surface area (Å²) in [4.78, 5) is 0. The Morgan fingerprint density at radius 3 is 2.45 bits per heavy atom. The number of benzene rings is 1. The van der Waals surface area contributed by atoms with E-state index in [1.165, 1.54) is 35.7 Å². The fourth-order valence-corrected chi connectivity index (χ4v) is 4.82. The Balaban J connectivity index is 2.07. The van der Waals surface area contributed by atoms with Gasteiger partial charge in [-0.05, 0) is 49.3 Å². The summed E-state index contributed by atoms with van der Waals surface area (Å²) in [6.07, 6.45) is 5.47. The van der Waals surface area contributed by atoms with Gasteiger partial charge in [0.05, 0.1) is 0 Å². The van der Waals surface area contributed by atoms with Gasteiger partial charge in [-0.25, -0.2) is 0 Å². The molecule has 1 N–H and O–H groups in total. The van der Waals surface area contributed by atoms with Crippen LogP contribution in [0.3, 0.4) is 0 Å². The second-order valence-corrected chi connectivity index (χ2v) is 8.12. The number of hydrogen-bond acceptors (Lipinski definition) is 1. The zero-order valence-electron chi connectivity index (χ0n) is 12.6. The topological polar surface area (TPSA) is 12.0 Å². The fourth-order valence-electron chi connectivity index (χ4n) is 3.43. The van der Waals surface area contributed by atoms with Crippen molar-refractivity contribution in [2.75, 3.05) is 0 Å². The molecule has 1 aromatic carbocycles. The molecule has 1 aliphatic rings. The Hall–Kier alpha value is 0.140. The zero-order valence-corrected chi connectivity index (χ0v) is 15.8. The van der Waals surface area contributed by atoms with Gasteiger partial charge in [0.2, 0.25) is 0 Å². The highest BCUT2D eigenvalue weighted by atomic mass is 79.9. The van der Waals surface area contributed by atoms with Gasteiger partial charge in [0.25, 0.3) is 0 Å². The van der Waals surface area contributed by atoms with Crippen molar-refractivity contribution < 1.29 is 0 Å². The smallest absolute Gasteiger partial charge is 0.0305 e. The second kappa shape index (κ2) is 7.42. The normalized spacial score (nSPS) is 24.9. The molecule has 0 saturated heterocycles. The molecule has 0 spiro atoms. The third kappa shape index (κ3) is 4.08. The molecule has 0 amide bonds. The standard InChI is InChI=1S/C17H25Br2N/c1-11(2)14-6-4-5-7-17(14)20-12(3)15-9-8-13(18)10-16(15)19/h8-12,14,17,20H,4-7H2,1-3H3. The molecule has 1 aliphatic carbocycles. The number of hydrogen-bond donors (Lipinski definition) is 1. The van der Waals surface area contributed by atoms with E-state index in [4.69, 9.17) is 0 Å². The fraction of sp³-hybridized carbons (Fsp3) is 0.647. The molecule has 2 rings (SSSR count). The minimum atomic E-state index is 0.391. The van der Waals surface area contributed by atoms with Crippen molar-refractivity contribution >= 4 is 31.9 Å². The Kier molecular flexibility index (Phi) is 6.12. The highest BCUT2D eigenvalue weighted by Gasteiger charge is 2.28. The second-order valence-electron chi connectivity index (χ2n) is 6.35. The zero-order chi connectivity index (χ0) is 14.7. The number of halogens is 2. The van der Waals surface area contributed by atoms with Gasteiger partial charge in [0, 0.05) is 21.0 Å². The summed E-state index contributed by atoms with van der Waals surface area (Å²) < 4.78 is 2.31. The minimum absolute atomic E-state index is 0.391. The van der Waals surface area contributed by atoms with Gasteiger partial charge in [-0.3, -0.25) is 0 Å². The van der Waals surface area contributed by atoms with E-state index in [0.717, 1.165) is 16.3 Å². The van der Waals surface area contributed by atoms with E-state index >= 15 is 0 Å². The largest absolute Gasteiger partial charge is 0.307 e. The molecule has 1 aromatic rings. The summed E-state index contributed by atoms with van der Waals surface area (Å²) in [5, 5.41) is 3.88. The Labute approximate surface area is 140 Å². The quantitative estimate of drug-likeness (QED) is 0.643. The summed E-state index contributed by atoms with van der Waals surface area (Å²) >= 11 is 7.21. The summed E-state index contributed by atoms with van der Waals surface area (Å²) in [7, 11) is 0. The van der Waals surface area contributed by atoms with Crippen molar-refractivity contribution in [3.63, 3.8) is 0 Å². The van der Waals surface area contributed by atoms with Crippen LogP contribution >= 0.6 is 31.9 Å². The van der Waals surface area contributed by atoms with E-state index in [9.17, 15) is 0 Å². The van der Waals surface area contributed by atoms with E-state index in [1.807, 2.05) is 0 Å². The molecule has 20 heavy (non-hydrogen) atoms. The first-order valence-corrected chi connectivity index (χ1v) is 9.28. The van der Waals surface area contributed by atoms with Gasteiger partial charge in [0.15, 0.2) is 0 Å². The van der Waals surface area contributed by atoms with Crippen molar-refractivity contribution in [3.8, 4) is 0 Å². The lowest BCUT2D eigenvalue weighted by atomic mass is 9.77. The van der Waals surface area contributed by atoms with E-state index in [2.05, 4.69) is 76.1 Å². The van der Waals surface area contributed by atoms with Crippen LogP contribution in [0.5, 0.6) is 0 Å². The Morgan fingerprint density at radius 2 is 1.80 bits per heavy atom. The van der Waals surface area contributed by atoms with Gasteiger partial charge in [0.1, 0.15) is 0 Å². The monoisotopic (exact) mass is 401 g/mol. The lowest BCUT2D eigenvalue weighted by Gasteiger charge is -2.37. The van der Waals surface area contributed by atoms with Crippen LogP contribution in [0.4, 0.5) is 0 Å². The predicted molar refractivity (Wildman–Crippen MR) is 94.0 cm³/mol. The van der Waals surface area contributed by atoms with Gasteiger partial charge < -0.3 is 5.32 Å². The third-order valence-corrected chi connectivity index (χ3v) is 5.75. The molecule has 0 bridgehead atoms. The Bertz CT molecular complexity index is 445. The molecule has 3 atom stereocenters. The van der Waals surface area contributed by atoms with Crippen LogP contribution in [0.15, 0.2) is 27.1 Å². The molecule has 1 fully saturated rings. The van der Waals surface area contributed by atoms with E-state index in [0.29, 0.717) is 12.1 Å². The van der Waals surface area contributed by atoms with Gasteiger partial charge in [-0.15, -0.1) is 0 Å². The van der Waals surface area contributed by atoms with Crippen molar-refractivity contribution in [3.05, 3.63) is 32.7 Å². The van der Waals surface area contributed by atoms with Gasteiger partial charge >= 0.3 is 0 Å². The first-order valence-electron chi connectivity index (χ1n) is 7.70. The Morgan fingerprint density at radius 1 is 1.10 bits per heavy atom. The highest BCUT2D eigenvalue weighted by molar-refractivity contribution is 9.11. The predicted octanol–water partition coefficient (Wildman–Crippen LogP) is 6.08. The highest BCUT2D eigenvalue weighted by Crippen LogP contribution is 2.33. The SMILES string of the molecule is CC(NC1CCCCC1C(C)C)c1ccc(Br)cc1Br. The minimum Gasteiger partial charge on any atom is -0.307 e. The van der Waals surface area contributed by atoms with E-state index in [1.54, 1.807) is 0 Å². The van der Waals surface area contributed by atoms with E-state index in [-0.39, 0.29) is 0 Å². The molecule has 3 unspecified atom stereocenters. The first-order chi connectivity index (χ1) is 9.49. The summed E-state index contributed by atoms with van der Waals surface area (Å²) in [5.74, 6) is 1.59. The first kappa shape index (κ1) is 16.5. The van der Waals surface area contributed by atoms with Gasteiger partial charge in [-0.1, -0.05) is 64.6 Å². The van der Waals surface area contributed by atoms with Crippen LogP contribution < -0.4 is 5.32 Å². The molecular weight excluding hydrogens is 378 g/mol. The summed E-state index contributed by atoms with van der Waals surface area (Å²) in [6, 6.07) is 7.52. The molecule has 0 aromatic heterocycles. The van der Waals surface area contributed by atoms with E-state index < -0.39 is 0 Å². The maximum absolute atomic E-state index is 3.88. The molecule has 1 nitrogen and oxygen atoms in total. The molecule has 1 saturated carbocycles. The van der Waals surface area contributed by atoms with Crippen LogP contribution in [0, 0.1) is 11.8 Å². The maximum Gasteiger partial charge on any atom is 0.0305 e. The van der Waals surface area contributed by atoms with Crippen molar-refractivity contribution in [2.24, 2.45) is 11.8 Å². The number of nitrogens with one attached hydrogen (secondary N) is 1. The third-order valence-electron chi connectivity index (χ3n) is 4.57. The van der Waals surface area contributed by atoms with Crippen LogP contribution in [0.2, 0.25) is 0 Å². The van der Waals surface area contributed by atoms with Crippen LogP contribution in [-0.4, -0.2) is 6.04 Å². The molecule has 0 radical (unpaired) electrons. The lowest BCUT2D eigenvalue weighted by molar-refractivity contribution is 0.194. The van der Waals surface area contributed by atoms with Crippen LogP contribution in [0.1, 0.15) is 58.1 Å². The number of rotatable bonds is 4. The molecular formula is C17H25Br2N. The van der Waals surface area contributed by atoms with Crippen molar-refractivity contribution in [1.29, 1.82) is 0 Å². The molecule has 3 heteroatoms. The average Bonchev–Trinajstić information content (AvgIpc) is 2.38. The van der Waals surface area contributed by atoms with Crippen molar-refractivity contribution in [2.45, 2.75) is 58.5 Å². The average molecular weight is 403 g/mol. The molecule has 0 heterocycles.